The Morgan fingerprint density at radius 2 is 1.70 bits per heavy atom. The lowest BCUT2D eigenvalue weighted by Gasteiger charge is -2.15. The maximum Gasteiger partial charge on any atom is 0.221 e. The van der Waals surface area contributed by atoms with Crippen LogP contribution in [0, 0.1) is 0 Å². The van der Waals surface area contributed by atoms with Crippen LogP contribution in [0.5, 0.6) is 11.5 Å². The summed E-state index contributed by atoms with van der Waals surface area (Å²) in [6.45, 7) is 3.37. The molecule has 0 aliphatic heterocycles. The maximum atomic E-state index is 11.2. The van der Waals surface area contributed by atoms with Gasteiger partial charge in [-0.25, -0.2) is 0 Å². The van der Waals surface area contributed by atoms with E-state index in [4.69, 9.17) is 10.5 Å². The number of nitrogens with one attached hydrogen (secondary N) is 1. The quantitative estimate of drug-likeness (QED) is 0.894. The Morgan fingerprint density at radius 3 is 2.35 bits per heavy atom. The zero-order chi connectivity index (χ0) is 14.5. The van der Waals surface area contributed by atoms with Gasteiger partial charge in [-0.2, -0.15) is 0 Å². The fourth-order valence-electron chi connectivity index (χ4n) is 1.92. The molecule has 1 amide bonds. The van der Waals surface area contributed by atoms with Gasteiger partial charge < -0.3 is 15.8 Å². The monoisotopic (exact) mass is 270 g/mol. The van der Waals surface area contributed by atoms with Gasteiger partial charge in [0.15, 0.2) is 5.75 Å². The summed E-state index contributed by atoms with van der Waals surface area (Å²) >= 11 is 0. The molecular formula is C16H18N2O2. The van der Waals surface area contributed by atoms with Gasteiger partial charge in [0, 0.05) is 18.5 Å². The molecule has 4 nitrogen and oxygen atoms in total. The van der Waals surface area contributed by atoms with E-state index in [2.05, 4.69) is 5.32 Å². The molecule has 0 aliphatic carbocycles. The predicted molar refractivity (Wildman–Crippen MR) is 79.9 cm³/mol. The van der Waals surface area contributed by atoms with Gasteiger partial charge in [0.2, 0.25) is 5.91 Å². The van der Waals surface area contributed by atoms with Gasteiger partial charge in [-0.3, -0.25) is 4.79 Å². The third kappa shape index (κ3) is 3.36. The molecule has 1 unspecified atom stereocenters. The van der Waals surface area contributed by atoms with Crippen LogP contribution in [0.3, 0.4) is 0 Å². The van der Waals surface area contributed by atoms with Gasteiger partial charge in [-0.15, -0.1) is 0 Å². The number of hydrogen-bond acceptors (Lipinski definition) is 3. The fraction of sp³-hybridized carbons (Fsp3) is 0.188. The molecule has 3 N–H and O–H groups in total. The lowest BCUT2D eigenvalue weighted by Crippen LogP contribution is -2.08. The lowest BCUT2D eigenvalue weighted by molar-refractivity contribution is -0.114. The third-order valence-electron chi connectivity index (χ3n) is 2.83. The first kappa shape index (κ1) is 14.1. The second-order valence-electron chi connectivity index (χ2n) is 4.61. The molecule has 0 bridgehead atoms. The number of ether oxygens (including phenoxy) is 1. The number of rotatable bonds is 4. The number of carbonyl (C=O) groups is 1. The second kappa shape index (κ2) is 6.21. The smallest absolute Gasteiger partial charge is 0.221 e. The molecule has 0 heterocycles. The van der Waals surface area contributed by atoms with Crippen LogP contribution in [0.4, 0.5) is 5.69 Å². The number of anilines is 1. The zero-order valence-electron chi connectivity index (χ0n) is 11.6. The summed E-state index contributed by atoms with van der Waals surface area (Å²) < 4.78 is 5.91. The fourth-order valence-corrected chi connectivity index (χ4v) is 1.92. The van der Waals surface area contributed by atoms with Crippen molar-refractivity contribution < 1.29 is 9.53 Å². The van der Waals surface area contributed by atoms with Gasteiger partial charge in [0.25, 0.3) is 0 Å². The van der Waals surface area contributed by atoms with Crippen LogP contribution in [0.2, 0.25) is 0 Å². The van der Waals surface area contributed by atoms with Crippen molar-refractivity contribution in [2.45, 2.75) is 19.9 Å². The number of hydrogen-bond donors (Lipinski definition) is 2. The van der Waals surface area contributed by atoms with Crippen LogP contribution in [0.25, 0.3) is 0 Å². The predicted octanol–water partition coefficient (Wildman–Crippen LogP) is 3.46. The van der Waals surface area contributed by atoms with E-state index in [1.807, 2.05) is 49.4 Å². The van der Waals surface area contributed by atoms with Gasteiger partial charge >= 0.3 is 0 Å². The average Bonchev–Trinajstić information content (AvgIpc) is 2.41. The molecule has 20 heavy (non-hydrogen) atoms. The molecule has 2 rings (SSSR count). The van der Waals surface area contributed by atoms with E-state index in [0.29, 0.717) is 17.2 Å². The number of nitrogens with two attached hydrogens (primary N) is 1. The van der Waals surface area contributed by atoms with Gasteiger partial charge in [0.1, 0.15) is 5.75 Å². The third-order valence-corrected chi connectivity index (χ3v) is 2.83. The molecule has 104 valence electrons. The van der Waals surface area contributed by atoms with Gasteiger partial charge in [0.05, 0.1) is 5.69 Å². The highest BCUT2D eigenvalue weighted by atomic mass is 16.5. The Kier molecular flexibility index (Phi) is 4.38. The Bertz CT molecular complexity index is 609. The summed E-state index contributed by atoms with van der Waals surface area (Å²) in [5.41, 5.74) is 7.50. The minimum atomic E-state index is -0.137. The van der Waals surface area contributed by atoms with E-state index in [-0.39, 0.29) is 11.9 Å². The molecule has 0 spiro atoms. The Hall–Kier alpha value is -2.33. The molecule has 1 atom stereocenters. The van der Waals surface area contributed by atoms with Crippen LogP contribution in [-0.2, 0) is 4.79 Å². The van der Waals surface area contributed by atoms with Crippen molar-refractivity contribution in [2.75, 3.05) is 5.32 Å². The number of benzene rings is 2. The Balaban J connectivity index is 2.33. The zero-order valence-corrected chi connectivity index (χ0v) is 11.6. The van der Waals surface area contributed by atoms with E-state index in [0.717, 1.165) is 5.56 Å². The highest BCUT2D eigenvalue weighted by Gasteiger charge is 2.10. The first-order valence-corrected chi connectivity index (χ1v) is 6.47. The molecule has 0 saturated heterocycles. The van der Waals surface area contributed by atoms with Crippen LogP contribution in [-0.4, -0.2) is 5.91 Å². The second-order valence-corrected chi connectivity index (χ2v) is 4.61. The van der Waals surface area contributed by atoms with Crippen molar-refractivity contribution in [1.29, 1.82) is 0 Å². The number of para-hydroxylation sites is 3. The lowest BCUT2D eigenvalue weighted by atomic mass is 10.1. The van der Waals surface area contributed by atoms with Gasteiger partial charge in [-0.1, -0.05) is 30.3 Å². The van der Waals surface area contributed by atoms with Crippen molar-refractivity contribution >= 4 is 11.6 Å². The summed E-state index contributed by atoms with van der Waals surface area (Å²) in [5, 5.41) is 2.75. The van der Waals surface area contributed by atoms with Crippen LogP contribution < -0.4 is 15.8 Å². The summed E-state index contributed by atoms with van der Waals surface area (Å²) in [4.78, 5) is 11.2. The topological polar surface area (TPSA) is 64.3 Å². The van der Waals surface area contributed by atoms with Crippen molar-refractivity contribution in [2.24, 2.45) is 5.73 Å². The van der Waals surface area contributed by atoms with Crippen molar-refractivity contribution in [3.63, 3.8) is 0 Å². The minimum Gasteiger partial charge on any atom is -0.455 e. The van der Waals surface area contributed by atoms with E-state index in [1.54, 1.807) is 6.07 Å². The molecule has 2 aromatic rings. The van der Waals surface area contributed by atoms with E-state index in [1.165, 1.54) is 6.92 Å². The van der Waals surface area contributed by atoms with E-state index in [9.17, 15) is 4.79 Å². The van der Waals surface area contributed by atoms with Crippen LogP contribution >= 0.6 is 0 Å². The van der Waals surface area contributed by atoms with Crippen LogP contribution in [0.15, 0.2) is 48.5 Å². The van der Waals surface area contributed by atoms with E-state index >= 15 is 0 Å². The molecule has 0 fully saturated rings. The molecule has 0 aliphatic rings. The summed E-state index contributed by atoms with van der Waals surface area (Å²) in [5.74, 6) is 1.15. The highest BCUT2D eigenvalue weighted by molar-refractivity contribution is 5.90. The average molecular weight is 270 g/mol. The highest BCUT2D eigenvalue weighted by Crippen LogP contribution is 2.32. The molecule has 4 heteroatoms. The van der Waals surface area contributed by atoms with Crippen molar-refractivity contribution in [3.8, 4) is 11.5 Å². The molecule has 2 aromatic carbocycles. The summed E-state index contributed by atoms with van der Waals surface area (Å²) in [6.07, 6.45) is 0. The first-order chi connectivity index (χ1) is 9.58. The molecule has 0 aromatic heterocycles. The molecular weight excluding hydrogens is 252 g/mol. The van der Waals surface area contributed by atoms with Crippen molar-refractivity contribution in [1.82, 2.24) is 0 Å². The molecule has 0 saturated carbocycles. The van der Waals surface area contributed by atoms with Gasteiger partial charge in [-0.05, 0) is 25.1 Å². The minimum absolute atomic E-state index is 0.126. The SMILES string of the molecule is CC(=O)Nc1ccccc1Oc1ccccc1C(C)N. The number of carbonyl (C=O) groups excluding carboxylic acids is 1. The first-order valence-electron chi connectivity index (χ1n) is 6.47. The maximum absolute atomic E-state index is 11.2. The molecule has 0 radical (unpaired) electrons. The summed E-state index contributed by atoms with van der Waals surface area (Å²) in [7, 11) is 0. The number of amides is 1. The normalized spacial score (nSPS) is 11.8. The summed E-state index contributed by atoms with van der Waals surface area (Å²) in [6, 6.07) is 14.8. The standard InChI is InChI=1S/C16H18N2O2/c1-11(17)13-7-3-5-9-15(13)20-16-10-6-4-8-14(16)18-12(2)19/h3-11H,17H2,1-2H3,(H,18,19). The van der Waals surface area contributed by atoms with E-state index < -0.39 is 0 Å². The Morgan fingerprint density at radius 1 is 1.10 bits per heavy atom. The Labute approximate surface area is 118 Å². The largest absolute Gasteiger partial charge is 0.455 e. The van der Waals surface area contributed by atoms with Crippen molar-refractivity contribution in [3.05, 3.63) is 54.1 Å². The van der Waals surface area contributed by atoms with Crippen LogP contribution in [0.1, 0.15) is 25.5 Å².